The molecule has 0 amide bonds. The number of benzene rings is 3. The lowest BCUT2D eigenvalue weighted by atomic mass is 9.75. The van der Waals surface area contributed by atoms with Crippen molar-refractivity contribution in [3.05, 3.63) is 96.9 Å². The van der Waals surface area contributed by atoms with Gasteiger partial charge in [-0.25, -0.2) is 0 Å². The summed E-state index contributed by atoms with van der Waals surface area (Å²) in [5.74, 6) is -2.90. The molecule has 0 saturated carbocycles. The fourth-order valence-electron chi connectivity index (χ4n) is 3.06. The summed E-state index contributed by atoms with van der Waals surface area (Å²) in [5, 5.41) is 9.24. The number of esters is 1. The molecule has 0 saturated heterocycles. The summed E-state index contributed by atoms with van der Waals surface area (Å²) in [6.07, 6.45) is -0.184. The van der Waals surface area contributed by atoms with E-state index in [0.717, 1.165) is 0 Å². The van der Waals surface area contributed by atoms with E-state index in [4.69, 9.17) is 62.7 Å². The number of carbonyl (C=O) groups is 2. The molecule has 0 bridgehead atoms. The van der Waals surface area contributed by atoms with Crippen molar-refractivity contribution >= 4 is 69.9 Å². The Morgan fingerprint density at radius 2 is 1.19 bits per heavy atom. The number of ether oxygens (including phenoxy) is 1. The highest BCUT2D eigenvalue weighted by Gasteiger charge is 2.50. The van der Waals surface area contributed by atoms with E-state index in [9.17, 15) is 14.7 Å². The van der Waals surface area contributed by atoms with Crippen molar-refractivity contribution in [1.29, 1.82) is 0 Å². The van der Waals surface area contributed by atoms with Crippen molar-refractivity contribution in [3.63, 3.8) is 0 Å². The van der Waals surface area contributed by atoms with E-state index in [1.165, 1.54) is 12.1 Å². The number of carbonyl (C=O) groups excluding carboxylic acids is 1. The summed E-state index contributed by atoms with van der Waals surface area (Å²) < 4.78 is 5.43. The second-order valence-electron chi connectivity index (χ2n) is 6.53. The third-order valence-corrected chi connectivity index (χ3v) is 6.90. The summed E-state index contributed by atoms with van der Waals surface area (Å²) in [6, 6.07) is 16.7. The molecule has 0 fully saturated rings. The Balaban J connectivity index is 2.17. The van der Waals surface area contributed by atoms with Gasteiger partial charge in [0.05, 0.1) is 15.1 Å². The molecule has 1 atom stereocenters. The quantitative estimate of drug-likeness (QED) is 0.124. The molecule has 4 nitrogen and oxygen atoms in total. The first-order chi connectivity index (χ1) is 14.7. The average Bonchev–Trinajstić information content (AvgIpc) is 2.78. The minimum Gasteiger partial charge on any atom is -0.480 e. The second-order valence-corrected chi connectivity index (χ2v) is 8.42. The molecule has 3 rings (SSSR count). The molecule has 0 radical (unpaired) electrons. The highest BCUT2D eigenvalue weighted by Crippen LogP contribution is 2.49. The first-order valence-electron chi connectivity index (χ1n) is 8.76. The van der Waals surface area contributed by atoms with Gasteiger partial charge in [-0.05, 0) is 11.1 Å². The molecule has 1 unspecified atom stereocenters. The Morgan fingerprint density at radius 1 is 0.742 bits per heavy atom. The van der Waals surface area contributed by atoms with Crippen LogP contribution in [0.3, 0.4) is 0 Å². The number of hydrogen-bond acceptors (Lipinski definition) is 3. The van der Waals surface area contributed by atoms with Crippen molar-refractivity contribution in [2.24, 2.45) is 0 Å². The van der Waals surface area contributed by atoms with E-state index in [-0.39, 0.29) is 42.8 Å². The van der Waals surface area contributed by atoms with Gasteiger partial charge in [-0.15, -0.1) is 0 Å². The van der Waals surface area contributed by atoms with E-state index in [2.05, 4.69) is 0 Å². The van der Waals surface area contributed by atoms with Crippen molar-refractivity contribution < 1.29 is 19.4 Å². The van der Waals surface area contributed by atoms with Crippen LogP contribution in [0.25, 0.3) is 0 Å². The third-order valence-electron chi connectivity index (χ3n) is 4.66. The van der Waals surface area contributed by atoms with Gasteiger partial charge in [0.15, 0.2) is 11.2 Å². The molecule has 9 heteroatoms. The number of rotatable bonds is 6. The number of hydrogen-bond donors (Lipinski definition) is 1. The molecule has 1 N–H and O–H groups in total. The van der Waals surface area contributed by atoms with Gasteiger partial charge in [0.1, 0.15) is 10.0 Å². The zero-order valence-electron chi connectivity index (χ0n) is 15.5. The number of aliphatic carboxylic acids is 1. The lowest BCUT2D eigenvalue weighted by Gasteiger charge is -2.28. The maximum absolute atomic E-state index is 13.5. The monoisotopic (exact) mass is 516 g/mol. The largest absolute Gasteiger partial charge is 0.480 e. The fourth-order valence-corrected chi connectivity index (χ4v) is 4.26. The second kappa shape index (κ2) is 9.68. The van der Waals surface area contributed by atoms with Crippen molar-refractivity contribution in [2.75, 3.05) is 0 Å². The summed E-state index contributed by atoms with van der Waals surface area (Å²) >= 11 is 30.4. The molecule has 0 aliphatic carbocycles. The molecule has 0 heterocycles. The predicted octanol–water partition coefficient (Wildman–Crippen LogP) is 7.12. The Labute approximate surface area is 203 Å². The van der Waals surface area contributed by atoms with Crippen LogP contribution in [0.5, 0.6) is 5.75 Å². The van der Waals surface area contributed by atoms with Crippen LogP contribution in [0.15, 0.2) is 60.7 Å². The normalized spacial score (nSPS) is 12.8. The van der Waals surface area contributed by atoms with Crippen LogP contribution in [0.1, 0.15) is 11.1 Å². The molecule has 0 aliphatic rings. The van der Waals surface area contributed by atoms with E-state index in [1.807, 2.05) is 0 Å². The van der Waals surface area contributed by atoms with Gasteiger partial charge in [0, 0.05) is 6.42 Å². The van der Waals surface area contributed by atoms with Crippen LogP contribution in [0.4, 0.5) is 0 Å². The van der Waals surface area contributed by atoms with Gasteiger partial charge in [-0.2, -0.15) is 0 Å². The van der Waals surface area contributed by atoms with E-state index >= 15 is 0 Å². The Kier molecular flexibility index (Phi) is 7.40. The molecule has 3 aromatic rings. The number of halogens is 5. The highest BCUT2D eigenvalue weighted by atomic mass is 35.5. The van der Waals surface area contributed by atoms with Gasteiger partial charge in [-0.3, -0.25) is 9.59 Å². The SMILES string of the molecule is O=C(O)C(Cc1ccccc1)(C(=O)Oc1c(Cl)c(Cl)c(Cl)c(Cl)c1Cl)c1ccccc1. The Bertz CT molecular complexity index is 1110. The Morgan fingerprint density at radius 3 is 1.68 bits per heavy atom. The predicted molar refractivity (Wildman–Crippen MR) is 123 cm³/mol. The molecule has 3 aromatic carbocycles. The first kappa shape index (κ1) is 23.7. The number of carboxylic acid groups (broad SMARTS) is 1. The fraction of sp³-hybridized carbons (Fsp3) is 0.0909. The molecule has 31 heavy (non-hydrogen) atoms. The summed E-state index contributed by atoms with van der Waals surface area (Å²) in [6.45, 7) is 0. The molecule has 0 aliphatic heterocycles. The summed E-state index contributed by atoms with van der Waals surface area (Å²) in [4.78, 5) is 26.0. The lowest BCUT2D eigenvalue weighted by molar-refractivity contribution is -0.156. The lowest BCUT2D eigenvalue weighted by Crippen LogP contribution is -2.48. The molecular formula is C22H13Cl5O4. The number of carboxylic acids is 1. The zero-order chi connectivity index (χ0) is 22.8. The van der Waals surface area contributed by atoms with Gasteiger partial charge in [0.25, 0.3) is 0 Å². The summed E-state index contributed by atoms with van der Waals surface area (Å²) in [5.41, 5.74) is -1.28. The molecule has 0 spiro atoms. The van der Waals surface area contributed by atoms with Gasteiger partial charge < -0.3 is 9.84 Å². The van der Waals surface area contributed by atoms with Crippen LogP contribution in [-0.2, 0) is 21.4 Å². The topological polar surface area (TPSA) is 63.6 Å². The average molecular weight is 519 g/mol. The van der Waals surface area contributed by atoms with Gasteiger partial charge >= 0.3 is 11.9 Å². The van der Waals surface area contributed by atoms with Crippen molar-refractivity contribution in [3.8, 4) is 5.75 Å². The van der Waals surface area contributed by atoms with Gasteiger partial charge in [-0.1, -0.05) is 119 Å². The van der Waals surface area contributed by atoms with Gasteiger partial charge in [0.2, 0.25) is 0 Å². The van der Waals surface area contributed by atoms with Crippen LogP contribution < -0.4 is 4.74 Å². The molecule has 0 aromatic heterocycles. The first-order valence-corrected chi connectivity index (χ1v) is 10.7. The van der Waals surface area contributed by atoms with Crippen molar-refractivity contribution in [1.82, 2.24) is 0 Å². The van der Waals surface area contributed by atoms with E-state index in [1.54, 1.807) is 48.5 Å². The molecule has 160 valence electrons. The minimum absolute atomic E-state index is 0.116. The smallest absolute Gasteiger partial charge is 0.333 e. The maximum atomic E-state index is 13.5. The van der Waals surface area contributed by atoms with E-state index in [0.29, 0.717) is 5.56 Å². The Hall–Kier alpha value is -1.95. The minimum atomic E-state index is -2.10. The van der Waals surface area contributed by atoms with Crippen LogP contribution in [-0.4, -0.2) is 17.0 Å². The zero-order valence-corrected chi connectivity index (χ0v) is 19.3. The third kappa shape index (κ3) is 4.50. The maximum Gasteiger partial charge on any atom is 0.333 e. The molecular weight excluding hydrogens is 506 g/mol. The summed E-state index contributed by atoms with van der Waals surface area (Å²) in [7, 11) is 0. The van der Waals surface area contributed by atoms with Crippen LogP contribution in [0.2, 0.25) is 25.1 Å². The van der Waals surface area contributed by atoms with E-state index < -0.39 is 17.4 Å². The van der Waals surface area contributed by atoms with Crippen LogP contribution >= 0.6 is 58.0 Å². The standard InChI is InChI=1S/C22H13Cl5O4/c23-14-15(24)17(26)19(18(27)16(14)25)31-21(30)22(20(28)29,13-9-5-2-6-10-13)11-12-7-3-1-4-8-12/h1-10H,11H2,(H,28,29). The highest BCUT2D eigenvalue weighted by molar-refractivity contribution is 6.55. The van der Waals surface area contributed by atoms with Crippen molar-refractivity contribution in [2.45, 2.75) is 11.8 Å². The van der Waals surface area contributed by atoms with Crippen LogP contribution in [0, 0.1) is 0 Å².